The van der Waals surface area contributed by atoms with E-state index in [2.05, 4.69) is 51.0 Å². The highest BCUT2D eigenvalue weighted by molar-refractivity contribution is 9.25. The number of hydrogen-bond donors (Lipinski definition) is 1. The molecule has 17 heavy (non-hydrogen) atoms. The molecule has 1 aliphatic heterocycles. The molecule has 0 radical (unpaired) electrons. The average molecular weight is 371 g/mol. The molecule has 1 fully saturated rings. The second kappa shape index (κ2) is 7.10. The van der Waals surface area contributed by atoms with E-state index in [9.17, 15) is 4.79 Å². The van der Waals surface area contributed by atoms with Gasteiger partial charge in [0.1, 0.15) is 5.60 Å². The van der Waals surface area contributed by atoms with Gasteiger partial charge in [0.2, 0.25) is 0 Å². The summed E-state index contributed by atoms with van der Waals surface area (Å²) in [6.07, 6.45) is 3.94. The summed E-state index contributed by atoms with van der Waals surface area (Å²) in [5.74, 6) is 0.258. The van der Waals surface area contributed by atoms with Crippen LogP contribution < -0.4 is 5.32 Å². The van der Waals surface area contributed by atoms with Gasteiger partial charge in [-0.1, -0.05) is 45.7 Å². The lowest BCUT2D eigenvalue weighted by Gasteiger charge is -2.41. The molecule has 1 rings (SSSR count). The third-order valence-corrected chi connectivity index (χ3v) is 4.51. The third kappa shape index (κ3) is 3.93. The average Bonchev–Trinajstić information content (AvgIpc) is 2.36. The summed E-state index contributed by atoms with van der Waals surface area (Å²) in [4.78, 5) is 11.8. The molecule has 0 bridgehead atoms. The van der Waals surface area contributed by atoms with Crippen molar-refractivity contribution in [3.8, 4) is 0 Å². The molecular formula is C12H21Br2NO2. The molecule has 0 aromatic heterocycles. The van der Waals surface area contributed by atoms with Crippen LogP contribution in [0.1, 0.15) is 39.5 Å². The van der Waals surface area contributed by atoms with Crippen molar-refractivity contribution in [2.24, 2.45) is 5.92 Å². The molecule has 0 unspecified atom stereocenters. The van der Waals surface area contributed by atoms with Crippen LogP contribution in [-0.2, 0) is 9.53 Å². The van der Waals surface area contributed by atoms with Crippen molar-refractivity contribution in [3.05, 3.63) is 0 Å². The number of hydrogen-bond acceptors (Lipinski definition) is 3. The Hall–Kier alpha value is 0.390. The number of alkyl halides is 2. The van der Waals surface area contributed by atoms with Gasteiger partial charge in [0.05, 0.1) is 0 Å². The molecule has 0 aromatic rings. The highest BCUT2D eigenvalue weighted by Gasteiger charge is 2.40. The van der Waals surface area contributed by atoms with Gasteiger partial charge in [0.15, 0.2) is 3.74 Å². The smallest absolute Gasteiger partial charge is 0.331 e. The number of piperidine rings is 1. The van der Waals surface area contributed by atoms with Crippen molar-refractivity contribution < 1.29 is 9.53 Å². The van der Waals surface area contributed by atoms with Crippen molar-refractivity contribution in [3.63, 3.8) is 0 Å². The van der Waals surface area contributed by atoms with Gasteiger partial charge in [0, 0.05) is 5.92 Å². The first-order chi connectivity index (χ1) is 8.05. The van der Waals surface area contributed by atoms with Crippen LogP contribution in [0.4, 0.5) is 0 Å². The minimum Gasteiger partial charge on any atom is -0.457 e. The molecule has 1 N–H and O–H groups in total. The molecule has 1 saturated heterocycles. The normalized spacial score (nSPS) is 18.4. The molecule has 0 aromatic carbocycles. The number of carbonyl (C=O) groups is 1. The minimum atomic E-state index is -0.408. The fourth-order valence-corrected chi connectivity index (χ4v) is 2.83. The Morgan fingerprint density at radius 3 is 2.29 bits per heavy atom. The standard InChI is InChI=1S/C12H21Br2NO2/c1-3-12(4-2,17-11(16)10(13)14)9-5-7-15-8-6-9/h9-10,15H,3-8H2,1-2H3. The summed E-state index contributed by atoms with van der Waals surface area (Å²) in [6.45, 7) is 6.26. The van der Waals surface area contributed by atoms with E-state index < -0.39 is 3.74 Å². The van der Waals surface area contributed by atoms with E-state index in [0.29, 0.717) is 5.92 Å². The van der Waals surface area contributed by atoms with E-state index in [1.54, 1.807) is 0 Å². The highest BCUT2D eigenvalue weighted by atomic mass is 79.9. The molecule has 0 saturated carbocycles. The highest BCUT2D eigenvalue weighted by Crippen LogP contribution is 2.36. The summed E-state index contributed by atoms with van der Waals surface area (Å²) >= 11 is 6.41. The van der Waals surface area contributed by atoms with E-state index in [1.807, 2.05) is 0 Å². The predicted molar refractivity (Wildman–Crippen MR) is 76.6 cm³/mol. The van der Waals surface area contributed by atoms with Gasteiger partial charge < -0.3 is 10.1 Å². The maximum atomic E-state index is 11.8. The van der Waals surface area contributed by atoms with Gasteiger partial charge in [-0.25, -0.2) is 4.79 Å². The number of ether oxygens (including phenoxy) is 1. The van der Waals surface area contributed by atoms with Crippen LogP contribution in [-0.4, -0.2) is 28.4 Å². The zero-order valence-electron chi connectivity index (χ0n) is 10.5. The van der Waals surface area contributed by atoms with Gasteiger partial charge in [-0.2, -0.15) is 0 Å². The Kier molecular flexibility index (Phi) is 6.45. The van der Waals surface area contributed by atoms with E-state index in [1.165, 1.54) is 0 Å². The Labute approximate surface area is 120 Å². The Bertz CT molecular complexity index is 249. The second-order valence-corrected chi connectivity index (χ2v) is 7.58. The summed E-state index contributed by atoms with van der Waals surface area (Å²) in [5.41, 5.74) is -0.293. The number of nitrogens with one attached hydrogen (secondary N) is 1. The number of rotatable bonds is 5. The molecule has 5 heteroatoms. The Morgan fingerprint density at radius 2 is 1.88 bits per heavy atom. The molecular weight excluding hydrogens is 350 g/mol. The molecule has 0 aliphatic carbocycles. The van der Waals surface area contributed by atoms with Crippen LogP contribution in [0, 0.1) is 5.92 Å². The van der Waals surface area contributed by atoms with Gasteiger partial charge in [0.25, 0.3) is 0 Å². The number of esters is 1. The van der Waals surface area contributed by atoms with Crippen LogP contribution in [0.15, 0.2) is 0 Å². The maximum absolute atomic E-state index is 11.8. The van der Waals surface area contributed by atoms with Crippen molar-refractivity contribution in [2.45, 2.75) is 48.9 Å². The Morgan fingerprint density at radius 1 is 1.35 bits per heavy atom. The van der Waals surface area contributed by atoms with Crippen LogP contribution in [0.3, 0.4) is 0 Å². The number of halogens is 2. The van der Waals surface area contributed by atoms with Gasteiger partial charge in [-0.15, -0.1) is 0 Å². The van der Waals surface area contributed by atoms with Crippen LogP contribution >= 0.6 is 31.9 Å². The van der Waals surface area contributed by atoms with E-state index in [0.717, 1.165) is 38.8 Å². The van der Waals surface area contributed by atoms with Gasteiger partial charge in [-0.05, 0) is 38.8 Å². The van der Waals surface area contributed by atoms with Crippen LogP contribution in [0.5, 0.6) is 0 Å². The third-order valence-electron chi connectivity index (χ3n) is 3.76. The summed E-state index contributed by atoms with van der Waals surface area (Å²) < 4.78 is 5.37. The maximum Gasteiger partial charge on any atom is 0.331 e. The van der Waals surface area contributed by atoms with E-state index >= 15 is 0 Å². The van der Waals surface area contributed by atoms with Crippen molar-refractivity contribution in [1.82, 2.24) is 5.32 Å². The van der Waals surface area contributed by atoms with Crippen molar-refractivity contribution in [1.29, 1.82) is 0 Å². The lowest BCUT2D eigenvalue weighted by Crippen LogP contribution is -2.47. The first-order valence-electron chi connectivity index (χ1n) is 6.27. The fraction of sp³-hybridized carbons (Fsp3) is 0.917. The SMILES string of the molecule is CCC(CC)(OC(=O)C(Br)Br)C1CCNCC1. The van der Waals surface area contributed by atoms with Crippen molar-refractivity contribution in [2.75, 3.05) is 13.1 Å². The molecule has 3 nitrogen and oxygen atoms in total. The minimum absolute atomic E-state index is 0.216. The van der Waals surface area contributed by atoms with E-state index in [-0.39, 0.29) is 11.6 Å². The number of carbonyl (C=O) groups excluding carboxylic acids is 1. The molecule has 0 atom stereocenters. The summed E-state index contributed by atoms with van der Waals surface area (Å²) in [7, 11) is 0. The quantitative estimate of drug-likeness (QED) is 0.596. The monoisotopic (exact) mass is 369 g/mol. The van der Waals surface area contributed by atoms with Gasteiger partial charge >= 0.3 is 5.97 Å². The zero-order chi connectivity index (χ0) is 12.9. The lowest BCUT2D eigenvalue weighted by atomic mass is 9.77. The lowest BCUT2D eigenvalue weighted by molar-refractivity contribution is -0.166. The van der Waals surface area contributed by atoms with E-state index in [4.69, 9.17) is 4.74 Å². The summed E-state index contributed by atoms with van der Waals surface area (Å²) in [6, 6.07) is 0. The van der Waals surface area contributed by atoms with Crippen LogP contribution in [0.2, 0.25) is 0 Å². The van der Waals surface area contributed by atoms with Crippen LogP contribution in [0.25, 0.3) is 0 Å². The zero-order valence-corrected chi connectivity index (χ0v) is 13.6. The first-order valence-corrected chi connectivity index (χ1v) is 8.10. The second-order valence-electron chi connectivity index (χ2n) is 4.52. The molecule has 1 heterocycles. The molecule has 100 valence electrons. The Balaban J connectivity index is 2.75. The predicted octanol–water partition coefficient (Wildman–Crippen LogP) is 3.20. The largest absolute Gasteiger partial charge is 0.457 e. The first kappa shape index (κ1) is 15.4. The molecule has 1 aliphatic rings. The summed E-state index contributed by atoms with van der Waals surface area (Å²) in [5, 5.41) is 3.35. The van der Waals surface area contributed by atoms with Gasteiger partial charge in [-0.3, -0.25) is 0 Å². The fourth-order valence-electron chi connectivity index (χ4n) is 2.65. The van der Waals surface area contributed by atoms with Crippen molar-refractivity contribution >= 4 is 37.8 Å². The topological polar surface area (TPSA) is 38.3 Å². The molecule has 0 amide bonds. The molecule has 0 spiro atoms.